The molecule has 0 aliphatic heterocycles. The van der Waals surface area contributed by atoms with Gasteiger partial charge in [0.2, 0.25) is 11.8 Å². The standard InChI is InChI=1S/C28H31N3O4S/c1-35-28(34)22-13-11-21(12-14-22)26(27(33)30-23-8-3-2-4-9-23)31(19-20-7-5-15-29-18-20)25(32)17-24-10-6-16-36-24/h5-7,10-16,18,23,26H,2-4,8-9,17,19H2,1H3,(H,30,33)/t26-/m1/s1. The molecule has 0 saturated heterocycles. The van der Waals surface area contributed by atoms with Gasteiger partial charge in [0.05, 0.1) is 19.1 Å². The predicted molar refractivity (Wildman–Crippen MR) is 138 cm³/mol. The maximum atomic E-state index is 13.8. The van der Waals surface area contributed by atoms with Crippen LogP contribution in [0.5, 0.6) is 0 Å². The van der Waals surface area contributed by atoms with Gasteiger partial charge in [-0.2, -0.15) is 0 Å². The molecule has 7 nitrogen and oxygen atoms in total. The summed E-state index contributed by atoms with van der Waals surface area (Å²) >= 11 is 1.52. The van der Waals surface area contributed by atoms with Crippen molar-refractivity contribution in [3.63, 3.8) is 0 Å². The van der Waals surface area contributed by atoms with E-state index >= 15 is 0 Å². The minimum atomic E-state index is -0.855. The van der Waals surface area contributed by atoms with Gasteiger partial charge in [0.1, 0.15) is 6.04 Å². The largest absolute Gasteiger partial charge is 0.465 e. The van der Waals surface area contributed by atoms with Crippen LogP contribution in [0.3, 0.4) is 0 Å². The van der Waals surface area contributed by atoms with Crippen molar-refractivity contribution in [1.82, 2.24) is 15.2 Å². The average Bonchev–Trinajstić information content (AvgIpc) is 3.42. The molecule has 0 bridgehead atoms. The van der Waals surface area contributed by atoms with Crippen molar-refractivity contribution in [2.24, 2.45) is 0 Å². The molecule has 188 valence electrons. The van der Waals surface area contributed by atoms with Gasteiger partial charge in [0.15, 0.2) is 0 Å². The Morgan fingerprint density at radius 3 is 2.50 bits per heavy atom. The summed E-state index contributed by atoms with van der Waals surface area (Å²) in [7, 11) is 1.33. The van der Waals surface area contributed by atoms with Gasteiger partial charge >= 0.3 is 5.97 Å². The lowest BCUT2D eigenvalue weighted by Crippen LogP contribution is -2.47. The minimum Gasteiger partial charge on any atom is -0.465 e. The topological polar surface area (TPSA) is 88.6 Å². The summed E-state index contributed by atoms with van der Waals surface area (Å²) in [6.45, 7) is 0.236. The van der Waals surface area contributed by atoms with Crippen LogP contribution in [0.1, 0.15) is 64.5 Å². The van der Waals surface area contributed by atoms with Crippen LogP contribution in [-0.4, -0.2) is 40.8 Å². The number of methoxy groups -OCH3 is 1. The number of thiophene rings is 1. The summed E-state index contributed by atoms with van der Waals surface area (Å²) in [6.07, 6.45) is 8.81. The van der Waals surface area contributed by atoms with Gasteiger partial charge in [-0.15, -0.1) is 11.3 Å². The maximum absolute atomic E-state index is 13.8. The van der Waals surface area contributed by atoms with Gasteiger partial charge in [-0.05, 0) is 53.6 Å². The van der Waals surface area contributed by atoms with Gasteiger partial charge in [0.25, 0.3) is 0 Å². The smallest absolute Gasteiger partial charge is 0.337 e. The van der Waals surface area contributed by atoms with Crippen molar-refractivity contribution >= 4 is 29.1 Å². The number of rotatable bonds is 9. The number of amides is 2. The first kappa shape index (κ1) is 25.6. The Bertz CT molecular complexity index is 1140. The van der Waals surface area contributed by atoms with Gasteiger partial charge < -0.3 is 15.0 Å². The second-order valence-electron chi connectivity index (χ2n) is 9.00. The number of hydrogen-bond acceptors (Lipinski definition) is 6. The monoisotopic (exact) mass is 505 g/mol. The molecule has 1 aliphatic rings. The number of benzene rings is 1. The van der Waals surface area contributed by atoms with Crippen LogP contribution in [-0.2, 0) is 27.3 Å². The van der Waals surface area contributed by atoms with Crippen molar-refractivity contribution in [1.29, 1.82) is 0 Å². The van der Waals surface area contributed by atoms with Gasteiger partial charge in [-0.25, -0.2) is 4.79 Å². The average molecular weight is 506 g/mol. The Morgan fingerprint density at radius 2 is 1.86 bits per heavy atom. The molecule has 1 fully saturated rings. The highest BCUT2D eigenvalue weighted by atomic mass is 32.1. The lowest BCUT2D eigenvalue weighted by molar-refractivity contribution is -0.141. The molecule has 2 aromatic heterocycles. The number of esters is 1. The van der Waals surface area contributed by atoms with Crippen LogP contribution < -0.4 is 5.32 Å². The molecule has 0 radical (unpaired) electrons. The Kier molecular flexibility index (Phi) is 8.84. The molecule has 1 atom stereocenters. The molecule has 36 heavy (non-hydrogen) atoms. The van der Waals surface area contributed by atoms with Gasteiger partial charge in [-0.3, -0.25) is 14.6 Å². The molecule has 1 N–H and O–H groups in total. The summed E-state index contributed by atoms with van der Waals surface area (Å²) in [5.74, 6) is -0.816. The van der Waals surface area contributed by atoms with E-state index < -0.39 is 12.0 Å². The van der Waals surface area contributed by atoms with Crippen LogP contribution in [0.25, 0.3) is 0 Å². The zero-order chi connectivity index (χ0) is 25.3. The Balaban J connectivity index is 1.69. The first-order chi connectivity index (χ1) is 17.5. The van der Waals surface area contributed by atoms with E-state index in [1.807, 2.05) is 29.6 Å². The highest BCUT2D eigenvalue weighted by molar-refractivity contribution is 7.10. The zero-order valence-corrected chi connectivity index (χ0v) is 21.2. The fourth-order valence-electron chi connectivity index (χ4n) is 4.59. The third-order valence-corrected chi connectivity index (χ3v) is 7.34. The fourth-order valence-corrected chi connectivity index (χ4v) is 5.29. The molecule has 1 aromatic carbocycles. The van der Waals surface area contributed by atoms with E-state index in [-0.39, 0.29) is 30.8 Å². The molecule has 3 aromatic rings. The molecule has 0 unspecified atom stereocenters. The zero-order valence-electron chi connectivity index (χ0n) is 20.4. The molecule has 1 aliphatic carbocycles. The molecule has 2 heterocycles. The van der Waals surface area contributed by atoms with Crippen molar-refractivity contribution in [3.05, 3.63) is 87.9 Å². The van der Waals surface area contributed by atoms with E-state index in [1.54, 1.807) is 41.6 Å². The first-order valence-electron chi connectivity index (χ1n) is 12.2. The van der Waals surface area contributed by atoms with E-state index in [0.717, 1.165) is 36.1 Å². The lowest BCUT2D eigenvalue weighted by atomic mass is 9.94. The molecule has 0 spiro atoms. The Morgan fingerprint density at radius 1 is 1.08 bits per heavy atom. The van der Waals surface area contributed by atoms with Crippen molar-refractivity contribution < 1.29 is 19.1 Å². The summed E-state index contributed by atoms with van der Waals surface area (Å²) in [5.41, 5.74) is 1.86. The van der Waals surface area contributed by atoms with E-state index in [2.05, 4.69) is 10.3 Å². The number of carbonyl (C=O) groups is 3. The van der Waals surface area contributed by atoms with Gasteiger partial charge in [0, 0.05) is 29.9 Å². The number of ether oxygens (including phenoxy) is 1. The number of nitrogens with one attached hydrogen (secondary N) is 1. The van der Waals surface area contributed by atoms with E-state index in [0.29, 0.717) is 11.1 Å². The second kappa shape index (κ2) is 12.4. The highest BCUT2D eigenvalue weighted by Crippen LogP contribution is 2.27. The third-order valence-electron chi connectivity index (χ3n) is 6.46. The highest BCUT2D eigenvalue weighted by Gasteiger charge is 2.33. The molecule has 2 amide bonds. The number of nitrogens with zero attached hydrogens (tertiary/aromatic N) is 2. The fraction of sp³-hybridized carbons (Fsp3) is 0.357. The summed E-state index contributed by atoms with van der Waals surface area (Å²) in [6, 6.07) is 13.5. The first-order valence-corrected chi connectivity index (χ1v) is 13.1. The van der Waals surface area contributed by atoms with Crippen molar-refractivity contribution in [2.75, 3.05) is 7.11 Å². The number of aromatic nitrogens is 1. The Hall–Kier alpha value is -3.52. The van der Waals surface area contributed by atoms with Crippen LogP contribution in [0.15, 0.2) is 66.3 Å². The van der Waals surface area contributed by atoms with Crippen LogP contribution in [0.4, 0.5) is 0 Å². The van der Waals surface area contributed by atoms with E-state index in [1.165, 1.54) is 24.9 Å². The van der Waals surface area contributed by atoms with Crippen molar-refractivity contribution in [2.45, 2.75) is 57.2 Å². The summed E-state index contributed by atoms with van der Waals surface area (Å²) < 4.78 is 4.82. The maximum Gasteiger partial charge on any atom is 0.337 e. The summed E-state index contributed by atoms with van der Waals surface area (Å²) in [5, 5.41) is 5.15. The second-order valence-corrected chi connectivity index (χ2v) is 10.0. The molecular formula is C28H31N3O4S. The molecule has 1 saturated carbocycles. The summed E-state index contributed by atoms with van der Waals surface area (Å²) in [4.78, 5) is 46.3. The Labute approximate surface area is 215 Å². The predicted octanol–water partition coefficient (Wildman–Crippen LogP) is 4.69. The lowest BCUT2D eigenvalue weighted by Gasteiger charge is -2.33. The quantitative estimate of drug-likeness (QED) is 0.426. The molecular weight excluding hydrogens is 474 g/mol. The molecule has 4 rings (SSSR count). The van der Waals surface area contributed by atoms with Crippen molar-refractivity contribution in [3.8, 4) is 0 Å². The van der Waals surface area contributed by atoms with Crippen LogP contribution in [0.2, 0.25) is 0 Å². The van der Waals surface area contributed by atoms with Crippen LogP contribution in [0, 0.1) is 0 Å². The van der Waals surface area contributed by atoms with E-state index in [9.17, 15) is 14.4 Å². The van der Waals surface area contributed by atoms with Crippen LogP contribution >= 0.6 is 11.3 Å². The third kappa shape index (κ3) is 6.57. The molecule has 8 heteroatoms. The minimum absolute atomic E-state index is 0.0933. The SMILES string of the molecule is COC(=O)c1ccc([C@H](C(=O)NC2CCCCC2)N(Cc2cccnc2)C(=O)Cc2cccs2)cc1. The normalized spacial score (nSPS) is 14.6. The van der Waals surface area contributed by atoms with Gasteiger partial charge in [-0.1, -0.05) is 43.5 Å². The number of carbonyl (C=O) groups excluding carboxylic acids is 3. The number of pyridine rings is 1. The van der Waals surface area contributed by atoms with E-state index in [4.69, 9.17) is 4.74 Å². The number of hydrogen-bond donors (Lipinski definition) is 1.